The molecule has 1 N–H and O–H groups in total. The Morgan fingerprint density at radius 2 is 1.43 bits per heavy atom. The summed E-state index contributed by atoms with van der Waals surface area (Å²) in [4.78, 5) is 24.2. The Morgan fingerprint density at radius 1 is 0.913 bits per heavy atom. The SMILES string of the molecule is CCCCOC(=O)/C(O)=C(/C(=O)OCCCC)c1ccccc1. The van der Waals surface area contributed by atoms with E-state index in [4.69, 9.17) is 9.47 Å². The molecule has 1 aromatic rings. The van der Waals surface area contributed by atoms with Gasteiger partial charge in [0, 0.05) is 0 Å². The van der Waals surface area contributed by atoms with Gasteiger partial charge >= 0.3 is 11.9 Å². The van der Waals surface area contributed by atoms with E-state index in [2.05, 4.69) is 0 Å². The number of hydrogen-bond donors (Lipinski definition) is 1. The van der Waals surface area contributed by atoms with Crippen LogP contribution in [0.4, 0.5) is 0 Å². The third kappa shape index (κ3) is 6.14. The number of carbonyl (C=O) groups is 2. The van der Waals surface area contributed by atoms with Gasteiger partial charge in [-0.05, 0) is 18.4 Å². The Hall–Kier alpha value is -2.30. The van der Waals surface area contributed by atoms with Gasteiger partial charge in [0.25, 0.3) is 0 Å². The van der Waals surface area contributed by atoms with Crippen LogP contribution < -0.4 is 0 Å². The van der Waals surface area contributed by atoms with Crippen LogP contribution in [0, 0.1) is 0 Å². The highest BCUT2D eigenvalue weighted by atomic mass is 16.5. The molecule has 0 aliphatic carbocycles. The number of aliphatic hydroxyl groups is 1. The average Bonchev–Trinajstić information content (AvgIpc) is 2.56. The van der Waals surface area contributed by atoms with Crippen LogP contribution in [-0.4, -0.2) is 30.3 Å². The zero-order chi connectivity index (χ0) is 17.1. The van der Waals surface area contributed by atoms with E-state index >= 15 is 0 Å². The van der Waals surface area contributed by atoms with Crippen molar-refractivity contribution in [1.29, 1.82) is 0 Å². The summed E-state index contributed by atoms with van der Waals surface area (Å²) < 4.78 is 10.1. The topological polar surface area (TPSA) is 72.8 Å². The van der Waals surface area contributed by atoms with Crippen molar-refractivity contribution in [2.45, 2.75) is 39.5 Å². The number of benzene rings is 1. The summed E-state index contributed by atoms with van der Waals surface area (Å²) >= 11 is 0. The van der Waals surface area contributed by atoms with Gasteiger partial charge in [-0.15, -0.1) is 0 Å². The van der Waals surface area contributed by atoms with E-state index in [0.717, 1.165) is 19.3 Å². The summed E-state index contributed by atoms with van der Waals surface area (Å²) in [5.41, 5.74) is 0.252. The maximum Gasteiger partial charge on any atom is 0.374 e. The lowest BCUT2D eigenvalue weighted by molar-refractivity contribution is -0.143. The van der Waals surface area contributed by atoms with Gasteiger partial charge in [0.1, 0.15) is 5.57 Å². The maximum atomic E-state index is 12.2. The van der Waals surface area contributed by atoms with Crippen LogP contribution in [0.5, 0.6) is 0 Å². The van der Waals surface area contributed by atoms with Crippen molar-refractivity contribution in [3.8, 4) is 0 Å². The van der Waals surface area contributed by atoms with Crippen molar-refractivity contribution in [2.75, 3.05) is 13.2 Å². The lowest BCUT2D eigenvalue weighted by Gasteiger charge is -2.11. The summed E-state index contributed by atoms with van der Waals surface area (Å²) in [6.07, 6.45) is 3.15. The molecule has 0 unspecified atom stereocenters. The van der Waals surface area contributed by atoms with Gasteiger partial charge in [0.15, 0.2) is 0 Å². The van der Waals surface area contributed by atoms with E-state index < -0.39 is 17.7 Å². The van der Waals surface area contributed by atoms with Crippen LogP contribution >= 0.6 is 0 Å². The van der Waals surface area contributed by atoms with Crippen molar-refractivity contribution in [2.24, 2.45) is 0 Å². The lowest BCUT2D eigenvalue weighted by atomic mass is 10.0. The van der Waals surface area contributed by atoms with E-state index in [1.165, 1.54) is 0 Å². The molecule has 0 saturated carbocycles. The van der Waals surface area contributed by atoms with Crippen molar-refractivity contribution in [3.05, 3.63) is 41.7 Å². The highest BCUT2D eigenvalue weighted by Crippen LogP contribution is 2.20. The summed E-state index contributed by atoms with van der Waals surface area (Å²) in [5, 5.41) is 10.2. The van der Waals surface area contributed by atoms with Crippen molar-refractivity contribution < 1.29 is 24.2 Å². The second kappa shape index (κ2) is 10.4. The van der Waals surface area contributed by atoms with Crippen molar-refractivity contribution in [1.82, 2.24) is 0 Å². The molecule has 0 spiro atoms. The fraction of sp³-hybridized carbons (Fsp3) is 0.444. The number of hydrogen-bond acceptors (Lipinski definition) is 5. The third-order valence-corrected chi connectivity index (χ3v) is 3.16. The number of aliphatic hydroxyl groups excluding tert-OH is 1. The van der Waals surface area contributed by atoms with Gasteiger partial charge in [-0.1, -0.05) is 57.0 Å². The number of carbonyl (C=O) groups excluding carboxylic acids is 2. The molecule has 1 rings (SSSR count). The lowest BCUT2D eigenvalue weighted by Crippen LogP contribution is -2.16. The van der Waals surface area contributed by atoms with E-state index in [1.807, 2.05) is 13.8 Å². The number of rotatable bonds is 9. The molecule has 0 aliphatic rings. The maximum absolute atomic E-state index is 12.2. The minimum atomic E-state index is -0.912. The van der Waals surface area contributed by atoms with E-state index in [1.54, 1.807) is 30.3 Å². The molecule has 0 radical (unpaired) electrons. The third-order valence-electron chi connectivity index (χ3n) is 3.16. The minimum absolute atomic E-state index is 0.164. The summed E-state index contributed by atoms with van der Waals surface area (Å²) in [7, 11) is 0. The molecule has 0 bridgehead atoms. The predicted octanol–water partition coefficient (Wildman–Crippen LogP) is 3.64. The molecule has 0 aliphatic heterocycles. The monoisotopic (exact) mass is 320 g/mol. The molecule has 0 atom stereocenters. The normalized spacial score (nSPS) is 11.6. The molecule has 5 heteroatoms. The van der Waals surface area contributed by atoms with Gasteiger partial charge < -0.3 is 14.6 Å². The van der Waals surface area contributed by atoms with Crippen LogP contribution in [0.3, 0.4) is 0 Å². The molecule has 126 valence electrons. The highest BCUT2D eigenvalue weighted by molar-refractivity contribution is 6.21. The number of ether oxygens (including phenoxy) is 2. The van der Waals surface area contributed by atoms with Gasteiger partial charge in [0.05, 0.1) is 13.2 Å². The molecule has 5 nitrogen and oxygen atoms in total. The van der Waals surface area contributed by atoms with Gasteiger partial charge in [-0.2, -0.15) is 0 Å². The van der Waals surface area contributed by atoms with Crippen LogP contribution in [0.1, 0.15) is 45.1 Å². The molecule has 0 heterocycles. The zero-order valence-electron chi connectivity index (χ0n) is 13.7. The van der Waals surface area contributed by atoms with Gasteiger partial charge in [-0.25, -0.2) is 9.59 Å². The van der Waals surface area contributed by atoms with Crippen molar-refractivity contribution >= 4 is 17.5 Å². The Balaban J connectivity index is 3.00. The Bertz CT molecular complexity index is 534. The number of esters is 2. The fourth-order valence-corrected chi connectivity index (χ4v) is 1.82. The molecular formula is C18H24O5. The first kappa shape index (κ1) is 18.7. The molecule has 0 aromatic heterocycles. The summed E-state index contributed by atoms with van der Waals surface area (Å²) in [6.45, 7) is 4.38. The summed E-state index contributed by atoms with van der Waals surface area (Å²) in [6, 6.07) is 8.47. The molecule has 23 heavy (non-hydrogen) atoms. The first-order valence-corrected chi connectivity index (χ1v) is 7.94. The first-order valence-electron chi connectivity index (χ1n) is 7.94. The van der Waals surface area contributed by atoms with Gasteiger partial charge in [0.2, 0.25) is 5.76 Å². The Morgan fingerprint density at radius 3 is 1.96 bits per heavy atom. The fourth-order valence-electron chi connectivity index (χ4n) is 1.82. The molecule has 0 saturated heterocycles. The largest absolute Gasteiger partial charge is 0.501 e. The molecule has 0 amide bonds. The van der Waals surface area contributed by atoms with Crippen LogP contribution in [0.25, 0.3) is 5.57 Å². The van der Waals surface area contributed by atoms with E-state index in [0.29, 0.717) is 12.0 Å². The van der Waals surface area contributed by atoms with E-state index in [-0.39, 0.29) is 18.8 Å². The molecular weight excluding hydrogens is 296 g/mol. The van der Waals surface area contributed by atoms with Gasteiger partial charge in [-0.3, -0.25) is 0 Å². The Kier molecular flexibility index (Phi) is 8.50. The molecule has 0 fully saturated rings. The smallest absolute Gasteiger partial charge is 0.374 e. The second-order valence-electron chi connectivity index (χ2n) is 5.07. The molecule has 1 aromatic carbocycles. The Labute approximate surface area is 136 Å². The minimum Gasteiger partial charge on any atom is -0.501 e. The van der Waals surface area contributed by atoms with Crippen LogP contribution in [-0.2, 0) is 19.1 Å². The average molecular weight is 320 g/mol. The predicted molar refractivity (Wildman–Crippen MR) is 87.7 cm³/mol. The number of unbranched alkanes of at least 4 members (excludes halogenated alkanes) is 2. The second-order valence-corrected chi connectivity index (χ2v) is 5.07. The quantitative estimate of drug-likeness (QED) is 0.325. The van der Waals surface area contributed by atoms with Crippen LogP contribution in [0.2, 0.25) is 0 Å². The van der Waals surface area contributed by atoms with E-state index in [9.17, 15) is 14.7 Å². The first-order chi connectivity index (χ1) is 11.1. The zero-order valence-corrected chi connectivity index (χ0v) is 13.7. The van der Waals surface area contributed by atoms with Crippen LogP contribution in [0.15, 0.2) is 36.1 Å². The standard InChI is InChI=1S/C18H24O5/c1-3-5-12-22-17(20)15(14-10-8-7-9-11-14)16(19)18(21)23-13-6-4-2/h7-11,19H,3-6,12-13H2,1-2H3/b16-15-. The highest BCUT2D eigenvalue weighted by Gasteiger charge is 2.24. The summed E-state index contributed by atoms with van der Waals surface area (Å²) in [5.74, 6) is -2.35. The van der Waals surface area contributed by atoms with Crippen molar-refractivity contribution in [3.63, 3.8) is 0 Å².